The van der Waals surface area contributed by atoms with E-state index in [4.69, 9.17) is 4.74 Å². The minimum atomic E-state index is -0.0998. The number of imidazole rings is 1. The summed E-state index contributed by atoms with van der Waals surface area (Å²) in [7, 11) is 3.35. The first-order valence-corrected chi connectivity index (χ1v) is 8.97. The average molecular weight is 353 g/mol. The van der Waals surface area contributed by atoms with E-state index in [1.807, 2.05) is 65.6 Å². The van der Waals surface area contributed by atoms with Crippen LogP contribution in [0.4, 0.5) is 5.69 Å². The van der Waals surface area contributed by atoms with Crippen molar-refractivity contribution in [3.8, 4) is 11.4 Å². The van der Waals surface area contributed by atoms with Crippen LogP contribution >= 0.6 is 11.8 Å². The maximum atomic E-state index is 12.9. The van der Waals surface area contributed by atoms with E-state index in [1.165, 1.54) is 0 Å². The van der Waals surface area contributed by atoms with Gasteiger partial charge in [-0.15, -0.1) is 0 Å². The molecule has 0 fully saturated rings. The molecule has 0 aliphatic carbocycles. The number of anilines is 1. The number of rotatable bonds is 5. The van der Waals surface area contributed by atoms with Crippen molar-refractivity contribution in [2.75, 3.05) is 25.3 Å². The number of nitrogens with zero attached hydrogens (tertiary/aromatic N) is 3. The second-order valence-corrected chi connectivity index (χ2v) is 6.14. The van der Waals surface area contributed by atoms with Crippen molar-refractivity contribution in [3.63, 3.8) is 0 Å². The Labute approximate surface area is 151 Å². The van der Waals surface area contributed by atoms with E-state index in [2.05, 4.69) is 4.98 Å². The number of hydrogen-bond acceptors (Lipinski definition) is 4. The molecule has 0 bridgehead atoms. The summed E-state index contributed by atoms with van der Waals surface area (Å²) in [5.41, 5.74) is 2.24. The first-order valence-electron chi connectivity index (χ1n) is 7.74. The molecule has 0 saturated carbocycles. The summed E-state index contributed by atoms with van der Waals surface area (Å²) in [4.78, 5) is 18.8. The van der Waals surface area contributed by atoms with Gasteiger partial charge in [0.05, 0.1) is 12.8 Å². The largest absolute Gasteiger partial charge is 0.495 e. The highest BCUT2D eigenvalue weighted by Crippen LogP contribution is 2.28. The van der Waals surface area contributed by atoms with Crippen molar-refractivity contribution < 1.29 is 9.53 Å². The number of para-hydroxylation sites is 2. The van der Waals surface area contributed by atoms with Gasteiger partial charge in [-0.05, 0) is 36.6 Å². The molecule has 0 N–H and O–H groups in total. The van der Waals surface area contributed by atoms with E-state index in [0.29, 0.717) is 11.3 Å². The lowest BCUT2D eigenvalue weighted by atomic mass is 10.1. The van der Waals surface area contributed by atoms with E-state index >= 15 is 0 Å². The topological polar surface area (TPSA) is 47.4 Å². The van der Waals surface area contributed by atoms with E-state index in [0.717, 1.165) is 16.5 Å². The Morgan fingerprint density at radius 2 is 2.00 bits per heavy atom. The summed E-state index contributed by atoms with van der Waals surface area (Å²) in [6.45, 7) is 0. The van der Waals surface area contributed by atoms with Crippen LogP contribution in [0.2, 0.25) is 0 Å². The molecule has 0 radical (unpaired) electrons. The summed E-state index contributed by atoms with van der Waals surface area (Å²) in [5, 5.41) is 0.877. The number of aromatic nitrogens is 2. The molecule has 6 heteroatoms. The number of methoxy groups -OCH3 is 1. The number of hydrogen-bond donors (Lipinski definition) is 0. The van der Waals surface area contributed by atoms with Crippen LogP contribution in [-0.4, -0.2) is 35.9 Å². The van der Waals surface area contributed by atoms with E-state index < -0.39 is 0 Å². The maximum absolute atomic E-state index is 12.9. The van der Waals surface area contributed by atoms with Gasteiger partial charge in [0.15, 0.2) is 5.16 Å². The highest BCUT2D eigenvalue weighted by Gasteiger charge is 2.17. The molecular weight excluding hydrogens is 334 g/mol. The maximum Gasteiger partial charge on any atom is 0.258 e. The fourth-order valence-corrected chi connectivity index (χ4v) is 3.17. The van der Waals surface area contributed by atoms with E-state index in [1.54, 1.807) is 37.0 Å². The van der Waals surface area contributed by atoms with Crippen molar-refractivity contribution in [1.82, 2.24) is 9.55 Å². The van der Waals surface area contributed by atoms with Crippen LogP contribution in [-0.2, 0) is 0 Å². The number of carbonyl (C=O) groups excluding carboxylic acids is 1. The SMILES string of the molecule is COc1ccccc1N(C)C(=O)c1cccc(-n2ccnc2SC)c1. The molecule has 0 aliphatic heterocycles. The predicted molar refractivity (Wildman–Crippen MR) is 101 cm³/mol. The minimum Gasteiger partial charge on any atom is -0.495 e. The van der Waals surface area contributed by atoms with Gasteiger partial charge >= 0.3 is 0 Å². The zero-order chi connectivity index (χ0) is 17.8. The molecule has 0 saturated heterocycles. The highest BCUT2D eigenvalue weighted by atomic mass is 32.2. The molecule has 0 aliphatic rings. The summed E-state index contributed by atoms with van der Waals surface area (Å²) in [6, 6.07) is 15.0. The zero-order valence-corrected chi connectivity index (χ0v) is 15.2. The lowest BCUT2D eigenvalue weighted by Gasteiger charge is -2.20. The smallest absolute Gasteiger partial charge is 0.258 e. The molecule has 0 atom stereocenters. The zero-order valence-electron chi connectivity index (χ0n) is 14.3. The monoisotopic (exact) mass is 353 g/mol. The number of amides is 1. The lowest BCUT2D eigenvalue weighted by molar-refractivity contribution is 0.0992. The van der Waals surface area contributed by atoms with Crippen LogP contribution in [0, 0.1) is 0 Å². The van der Waals surface area contributed by atoms with Crippen LogP contribution in [0.15, 0.2) is 66.1 Å². The van der Waals surface area contributed by atoms with Gasteiger partial charge in [-0.3, -0.25) is 9.36 Å². The first-order chi connectivity index (χ1) is 12.2. The number of thioether (sulfide) groups is 1. The van der Waals surface area contributed by atoms with Crippen LogP contribution in [0.5, 0.6) is 5.75 Å². The molecule has 0 spiro atoms. The Kier molecular flexibility index (Phi) is 5.09. The van der Waals surface area contributed by atoms with Crippen molar-refractivity contribution in [1.29, 1.82) is 0 Å². The third kappa shape index (κ3) is 3.39. The van der Waals surface area contributed by atoms with Gasteiger partial charge in [0.2, 0.25) is 0 Å². The second-order valence-electron chi connectivity index (χ2n) is 5.37. The van der Waals surface area contributed by atoms with Crippen LogP contribution < -0.4 is 9.64 Å². The molecule has 1 amide bonds. The van der Waals surface area contributed by atoms with E-state index in [-0.39, 0.29) is 5.91 Å². The molecule has 3 rings (SSSR count). The Morgan fingerprint density at radius 1 is 1.20 bits per heavy atom. The predicted octanol–water partition coefficient (Wildman–Crippen LogP) is 3.88. The summed E-state index contributed by atoms with van der Waals surface area (Å²) < 4.78 is 7.32. The third-order valence-corrected chi connectivity index (χ3v) is 4.58. The van der Waals surface area contributed by atoms with Crippen molar-refractivity contribution in [2.45, 2.75) is 5.16 Å². The molecule has 25 heavy (non-hydrogen) atoms. The molecule has 1 aromatic heterocycles. The Bertz CT molecular complexity index is 892. The highest BCUT2D eigenvalue weighted by molar-refractivity contribution is 7.98. The van der Waals surface area contributed by atoms with Gasteiger partial charge in [0.25, 0.3) is 5.91 Å². The quantitative estimate of drug-likeness (QED) is 0.653. The second kappa shape index (κ2) is 7.44. The molecule has 1 heterocycles. The summed E-state index contributed by atoms with van der Waals surface area (Å²) in [5.74, 6) is 0.561. The van der Waals surface area contributed by atoms with Crippen LogP contribution in [0.3, 0.4) is 0 Å². The van der Waals surface area contributed by atoms with Gasteiger partial charge < -0.3 is 9.64 Å². The van der Waals surface area contributed by atoms with Gasteiger partial charge in [-0.2, -0.15) is 0 Å². The Hall–Kier alpha value is -2.73. The lowest BCUT2D eigenvalue weighted by Crippen LogP contribution is -2.26. The first kappa shape index (κ1) is 17.1. The molecule has 5 nitrogen and oxygen atoms in total. The Morgan fingerprint density at radius 3 is 2.76 bits per heavy atom. The van der Waals surface area contributed by atoms with Crippen LogP contribution in [0.25, 0.3) is 5.69 Å². The third-order valence-electron chi connectivity index (χ3n) is 3.91. The molecule has 0 unspecified atom stereocenters. The summed E-state index contributed by atoms with van der Waals surface area (Å²) in [6.07, 6.45) is 5.62. The summed E-state index contributed by atoms with van der Waals surface area (Å²) >= 11 is 1.56. The van der Waals surface area contributed by atoms with Gasteiger partial charge in [0.1, 0.15) is 5.75 Å². The fourth-order valence-electron chi connectivity index (χ4n) is 2.64. The molecule has 128 valence electrons. The normalized spacial score (nSPS) is 10.5. The van der Waals surface area contributed by atoms with Crippen molar-refractivity contribution in [3.05, 3.63) is 66.5 Å². The Balaban J connectivity index is 1.94. The molecule has 3 aromatic rings. The van der Waals surface area contributed by atoms with Crippen molar-refractivity contribution >= 4 is 23.4 Å². The van der Waals surface area contributed by atoms with Gasteiger partial charge in [-0.25, -0.2) is 4.98 Å². The minimum absolute atomic E-state index is 0.0998. The van der Waals surface area contributed by atoms with E-state index in [9.17, 15) is 4.79 Å². The fraction of sp³-hybridized carbons (Fsp3) is 0.158. The molecule has 2 aromatic carbocycles. The van der Waals surface area contributed by atoms with Gasteiger partial charge in [-0.1, -0.05) is 30.0 Å². The van der Waals surface area contributed by atoms with Crippen molar-refractivity contribution in [2.24, 2.45) is 0 Å². The average Bonchev–Trinajstić information content (AvgIpc) is 3.15. The number of benzene rings is 2. The standard InChI is InChI=1S/C19H19N3O2S/c1-21(16-9-4-5-10-17(16)24-2)18(23)14-7-6-8-15(13-14)22-12-11-20-19(22)25-3/h4-13H,1-3H3. The number of ether oxygens (including phenoxy) is 1. The number of carbonyl (C=O) groups is 1. The van der Waals surface area contributed by atoms with Crippen LogP contribution in [0.1, 0.15) is 10.4 Å². The van der Waals surface area contributed by atoms with Gasteiger partial charge in [0, 0.05) is 30.7 Å². The molecular formula is C19H19N3O2S.